The van der Waals surface area contributed by atoms with Gasteiger partial charge in [0.2, 0.25) is 0 Å². The average Bonchev–Trinajstić information content (AvgIpc) is 3.34. The molecule has 3 rings (SSSR count). The quantitative estimate of drug-likeness (QED) is 0.340. The number of carbonyl (C=O) groups is 1. The lowest BCUT2D eigenvalue weighted by atomic mass is 10.0. The van der Waals surface area contributed by atoms with Crippen LogP contribution in [0.15, 0.2) is 42.5 Å². The fourth-order valence-corrected chi connectivity index (χ4v) is 4.38. The maximum absolute atomic E-state index is 13.6. The lowest BCUT2D eigenvalue weighted by Crippen LogP contribution is -2.43. The van der Waals surface area contributed by atoms with E-state index >= 15 is 0 Å². The van der Waals surface area contributed by atoms with Gasteiger partial charge in [-0.25, -0.2) is 0 Å². The van der Waals surface area contributed by atoms with Crippen molar-refractivity contribution in [2.24, 2.45) is 5.92 Å². The topological polar surface area (TPSA) is 78.5 Å². The summed E-state index contributed by atoms with van der Waals surface area (Å²) in [7, 11) is 3.17. The van der Waals surface area contributed by atoms with Crippen LogP contribution < -0.4 is 19.5 Å². The third-order valence-electron chi connectivity index (χ3n) is 6.35. The highest BCUT2D eigenvalue weighted by Gasteiger charge is 2.33. The molecular formula is C28H37F3N2O6. The van der Waals surface area contributed by atoms with E-state index in [1.165, 1.54) is 18.2 Å². The Morgan fingerprint density at radius 1 is 1.08 bits per heavy atom. The number of ether oxygens (including phenoxy) is 5. The van der Waals surface area contributed by atoms with Crippen molar-refractivity contribution in [3.05, 3.63) is 53.6 Å². The first-order valence-corrected chi connectivity index (χ1v) is 12.9. The lowest BCUT2D eigenvalue weighted by Gasteiger charge is -2.31. The summed E-state index contributed by atoms with van der Waals surface area (Å²) in [5.74, 6) is 0.593. The van der Waals surface area contributed by atoms with E-state index in [0.29, 0.717) is 61.9 Å². The van der Waals surface area contributed by atoms with Crippen LogP contribution in [-0.2, 0) is 16.1 Å². The Bertz CT molecular complexity index is 1070. The van der Waals surface area contributed by atoms with Crippen LogP contribution in [0.3, 0.4) is 0 Å². The minimum atomic E-state index is -4.76. The Hall–Kier alpha value is -3.02. The van der Waals surface area contributed by atoms with Crippen LogP contribution in [-0.4, -0.2) is 76.4 Å². The van der Waals surface area contributed by atoms with E-state index < -0.39 is 6.36 Å². The van der Waals surface area contributed by atoms with Crippen molar-refractivity contribution in [3.63, 3.8) is 0 Å². The molecule has 216 valence electrons. The zero-order valence-electron chi connectivity index (χ0n) is 22.8. The number of methoxy groups -OCH3 is 2. The molecule has 1 saturated heterocycles. The Morgan fingerprint density at radius 2 is 1.87 bits per heavy atom. The van der Waals surface area contributed by atoms with Crippen molar-refractivity contribution < 1.29 is 41.7 Å². The average molecular weight is 555 g/mol. The van der Waals surface area contributed by atoms with Crippen molar-refractivity contribution in [3.8, 4) is 17.2 Å². The van der Waals surface area contributed by atoms with Crippen LogP contribution >= 0.6 is 0 Å². The van der Waals surface area contributed by atoms with Gasteiger partial charge in [-0.05, 0) is 49.7 Å². The predicted octanol–water partition coefficient (Wildman–Crippen LogP) is 4.66. The van der Waals surface area contributed by atoms with Crippen molar-refractivity contribution in [2.75, 3.05) is 47.1 Å². The smallest absolute Gasteiger partial charge is 0.493 e. The molecule has 0 bridgehead atoms. The minimum Gasteiger partial charge on any atom is -0.493 e. The summed E-state index contributed by atoms with van der Waals surface area (Å²) in [5, 5.41) is 3.30. The van der Waals surface area contributed by atoms with Gasteiger partial charge in [0, 0.05) is 57.3 Å². The summed E-state index contributed by atoms with van der Waals surface area (Å²) in [5.41, 5.74) is 1.05. The van der Waals surface area contributed by atoms with Gasteiger partial charge in [0.05, 0.1) is 26.4 Å². The molecule has 1 amide bonds. The second-order valence-electron chi connectivity index (χ2n) is 9.57. The highest BCUT2D eigenvalue weighted by atomic mass is 19.4. The number of alkyl halides is 3. The first-order chi connectivity index (χ1) is 18.6. The highest BCUT2D eigenvalue weighted by molar-refractivity contribution is 5.95. The monoisotopic (exact) mass is 554 g/mol. The number of hydrogen-bond donors (Lipinski definition) is 1. The second-order valence-corrected chi connectivity index (χ2v) is 9.57. The van der Waals surface area contributed by atoms with Gasteiger partial charge in [-0.2, -0.15) is 0 Å². The van der Waals surface area contributed by atoms with Gasteiger partial charge in [-0.15, -0.1) is 13.2 Å². The van der Waals surface area contributed by atoms with Gasteiger partial charge < -0.3 is 33.9 Å². The standard InChI is InChI=1S/C28H37F3N2O6/c1-19(2)33(27(34)21-9-10-24(36-4)25(14-21)37-12-6-11-35-3)17-22-15-32-16-26(22)38-18-20-7-5-8-23(13-20)39-28(29,30)31/h5,7-10,13-14,19,22,26,32H,6,11-12,15-18H2,1-4H3/t22-,26-/m0/s1. The molecule has 0 unspecified atom stereocenters. The molecule has 2 atom stereocenters. The maximum Gasteiger partial charge on any atom is 0.573 e. The van der Waals surface area contributed by atoms with E-state index in [-0.39, 0.29) is 36.3 Å². The Kier molecular flexibility index (Phi) is 11.3. The number of benzene rings is 2. The summed E-state index contributed by atoms with van der Waals surface area (Å²) in [4.78, 5) is 15.4. The molecule has 0 radical (unpaired) electrons. The van der Waals surface area contributed by atoms with Crippen LogP contribution in [0.5, 0.6) is 17.2 Å². The lowest BCUT2D eigenvalue weighted by molar-refractivity contribution is -0.274. The largest absolute Gasteiger partial charge is 0.573 e. The van der Waals surface area contributed by atoms with E-state index in [0.717, 1.165) is 0 Å². The molecule has 11 heteroatoms. The number of rotatable bonds is 14. The van der Waals surface area contributed by atoms with Gasteiger partial charge in [-0.1, -0.05) is 12.1 Å². The molecule has 0 saturated carbocycles. The van der Waals surface area contributed by atoms with Gasteiger partial charge >= 0.3 is 6.36 Å². The Labute approximate surface area is 227 Å². The zero-order valence-corrected chi connectivity index (χ0v) is 22.8. The van der Waals surface area contributed by atoms with Gasteiger partial charge in [0.1, 0.15) is 5.75 Å². The first kappa shape index (κ1) is 30.5. The Balaban J connectivity index is 1.66. The molecule has 8 nitrogen and oxygen atoms in total. The van der Waals surface area contributed by atoms with E-state index in [1.807, 2.05) is 13.8 Å². The molecule has 1 heterocycles. The number of amides is 1. The number of nitrogens with zero attached hydrogens (tertiary/aromatic N) is 1. The molecule has 1 fully saturated rings. The van der Waals surface area contributed by atoms with Crippen LogP contribution in [0, 0.1) is 5.92 Å². The molecule has 1 aliphatic rings. The van der Waals surface area contributed by atoms with Crippen LogP contribution in [0.2, 0.25) is 0 Å². The zero-order chi connectivity index (χ0) is 28.4. The molecule has 1 N–H and O–H groups in total. The normalized spacial score (nSPS) is 17.3. The van der Waals surface area contributed by atoms with Crippen LogP contribution in [0.4, 0.5) is 13.2 Å². The summed E-state index contributed by atoms with van der Waals surface area (Å²) in [6, 6.07) is 10.8. The molecule has 0 aliphatic carbocycles. The summed E-state index contributed by atoms with van der Waals surface area (Å²) in [6.07, 6.45) is -4.28. The fraction of sp³-hybridized carbons (Fsp3) is 0.536. The van der Waals surface area contributed by atoms with E-state index in [1.54, 1.807) is 43.4 Å². The molecule has 0 aromatic heterocycles. The fourth-order valence-electron chi connectivity index (χ4n) is 4.38. The van der Waals surface area contributed by atoms with Crippen LogP contribution in [0.25, 0.3) is 0 Å². The first-order valence-electron chi connectivity index (χ1n) is 12.9. The highest BCUT2D eigenvalue weighted by Crippen LogP contribution is 2.30. The van der Waals surface area contributed by atoms with Crippen molar-refractivity contribution >= 4 is 5.91 Å². The van der Waals surface area contributed by atoms with Gasteiger partial charge in [0.25, 0.3) is 5.91 Å². The predicted molar refractivity (Wildman–Crippen MR) is 139 cm³/mol. The van der Waals surface area contributed by atoms with E-state index in [9.17, 15) is 18.0 Å². The van der Waals surface area contributed by atoms with Crippen LogP contribution in [0.1, 0.15) is 36.2 Å². The number of hydrogen-bond acceptors (Lipinski definition) is 7. The second kappa shape index (κ2) is 14.4. The molecule has 0 spiro atoms. The van der Waals surface area contributed by atoms with Gasteiger partial charge in [-0.3, -0.25) is 4.79 Å². The van der Waals surface area contributed by atoms with E-state index in [4.69, 9.17) is 18.9 Å². The van der Waals surface area contributed by atoms with Crippen molar-refractivity contribution in [1.82, 2.24) is 10.2 Å². The number of nitrogens with one attached hydrogen (secondary N) is 1. The van der Waals surface area contributed by atoms with Crippen molar-refractivity contribution in [2.45, 2.75) is 45.4 Å². The van der Waals surface area contributed by atoms with Gasteiger partial charge in [0.15, 0.2) is 11.5 Å². The molecule has 1 aliphatic heterocycles. The maximum atomic E-state index is 13.6. The molecular weight excluding hydrogens is 517 g/mol. The van der Waals surface area contributed by atoms with E-state index in [2.05, 4.69) is 10.1 Å². The third-order valence-corrected chi connectivity index (χ3v) is 6.35. The van der Waals surface area contributed by atoms with Crippen molar-refractivity contribution in [1.29, 1.82) is 0 Å². The third kappa shape index (κ3) is 9.29. The minimum absolute atomic E-state index is 0.00558. The Morgan fingerprint density at radius 3 is 2.56 bits per heavy atom. The number of carbonyl (C=O) groups excluding carboxylic acids is 1. The molecule has 39 heavy (non-hydrogen) atoms. The SMILES string of the molecule is COCCCOc1cc(C(=O)N(C[C@@H]2CNC[C@@H]2OCc2cccc(OC(F)(F)F)c2)C(C)C)ccc1OC. The molecule has 2 aromatic rings. The number of halogens is 3. The summed E-state index contributed by atoms with van der Waals surface area (Å²) >= 11 is 0. The summed E-state index contributed by atoms with van der Waals surface area (Å²) < 4.78 is 64.1. The molecule has 2 aromatic carbocycles. The summed E-state index contributed by atoms with van der Waals surface area (Å²) in [6.45, 7) is 6.68.